The van der Waals surface area contributed by atoms with E-state index in [0.29, 0.717) is 13.1 Å². The zero-order valence-corrected chi connectivity index (χ0v) is 22.6. The number of carbonyl (C=O) groups is 1. The molecular formula is C23H31F3N4O5S2. The fourth-order valence-corrected chi connectivity index (χ4v) is 5.70. The number of thiazole rings is 1. The summed E-state index contributed by atoms with van der Waals surface area (Å²) in [6.45, 7) is 5.63. The lowest BCUT2D eigenvalue weighted by Crippen LogP contribution is -2.46. The molecule has 14 heteroatoms. The van der Waals surface area contributed by atoms with Gasteiger partial charge in [-0.1, -0.05) is 6.92 Å². The molecule has 0 saturated carbocycles. The van der Waals surface area contributed by atoms with Gasteiger partial charge in [0.15, 0.2) is 5.75 Å². The molecule has 0 saturated heterocycles. The number of likely N-dealkylation sites (N-methyl/N-ethyl adjacent to an activating group) is 1. The molecule has 2 heterocycles. The summed E-state index contributed by atoms with van der Waals surface area (Å²) in [6, 6.07) is 3.67. The average Bonchev–Trinajstić information content (AvgIpc) is 3.30. The largest absolute Gasteiger partial charge is 0.491 e. The van der Waals surface area contributed by atoms with Crippen molar-refractivity contribution < 1.29 is 35.9 Å². The van der Waals surface area contributed by atoms with Gasteiger partial charge in [0.1, 0.15) is 17.4 Å². The van der Waals surface area contributed by atoms with Crippen LogP contribution in [0.25, 0.3) is 0 Å². The summed E-state index contributed by atoms with van der Waals surface area (Å²) < 4.78 is 75.6. The molecule has 1 amide bonds. The highest BCUT2D eigenvalue weighted by molar-refractivity contribution is 7.92. The Labute approximate surface area is 218 Å². The number of alkyl halides is 3. The molecule has 1 aromatic carbocycles. The van der Waals surface area contributed by atoms with E-state index in [4.69, 9.17) is 9.47 Å². The maximum atomic E-state index is 13.2. The van der Waals surface area contributed by atoms with Gasteiger partial charge in [0, 0.05) is 50.9 Å². The third kappa shape index (κ3) is 8.28. The first-order valence-corrected chi connectivity index (χ1v) is 14.1. The number of rotatable bonds is 6. The fraction of sp³-hybridized carbons (Fsp3) is 0.565. The van der Waals surface area contributed by atoms with Crippen LogP contribution in [0.15, 0.2) is 29.8 Å². The Bertz CT molecular complexity index is 1160. The predicted molar refractivity (Wildman–Crippen MR) is 134 cm³/mol. The third-order valence-electron chi connectivity index (χ3n) is 6.02. The lowest BCUT2D eigenvalue weighted by molar-refractivity contribution is -0.106. The predicted octanol–water partition coefficient (Wildman–Crippen LogP) is 3.45. The van der Waals surface area contributed by atoms with E-state index in [2.05, 4.69) is 9.88 Å². The van der Waals surface area contributed by atoms with E-state index in [-0.39, 0.29) is 54.1 Å². The Hall–Kier alpha value is -2.42. The van der Waals surface area contributed by atoms with Gasteiger partial charge in [0.05, 0.1) is 23.9 Å². The number of sulfonamides is 1. The Balaban J connectivity index is 1.94. The minimum atomic E-state index is -4.90. The van der Waals surface area contributed by atoms with E-state index >= 15 is 0 Å². The van der Waals surface area contributed by atoms with Gasteiger partial charge in [-0.15, -0.1) is 11.3 Å². The number of halogens is 3. The number of amides is 1. The van der Waals surface area contributed by atoms with Gasteiger partial charge in [-0.2, -0.15) is 13.2 Å². The summed E-state index contributed by atoms with van der Waals surface area (Å²) in [6.07, 6.45) is -3.43. The van der Waals surface area contributed by atoms with E-state index < -0.39 is 22.0 Å². The van der Waals surface area contributed by atoms with Crippen molar-refractivity contribution in [3.8, 4) is 5.75 Å². The quantitative estimate of drug-likeness (QED) is 0.574. The van der Waals surface area contributed by atoms with Gasteiger partial charge >= 0.3 is 6.18 Å². The molecule has 0 unspecified atom stereocenters. The minimum Gasteiger partial charge on any atom is -0.491 e. The highest BCUT2D eigenvalue weighted by Crippen LogP contribution is 2.28. The molecule has 0 aliphatic carbocycles. The molecule has 0 spiro atoms. The number of aromatic nitrogens is 1. The Morgan fingerprint density at radius 1 is 1.27 bits per heavy atom. The molecule has 1 aliphatic heterocycles. The van der Waals surface area contributed by atoms with Crippen molar-refractivity contribution in [3.05, 3.63) is 40.3 Å². The maximum absolute atomic E-state index is 13.2. The lowest BCUT2D eigenvalue weighted by atomic mass is 10.0. The van der Waals surface area contributed by atoms with Crippen molar-refractivity contribution >= 4 is 33.0 Å². The third-order valence-corrected chi connectivity index (χ3v) is 8.04. The van der Waals surface area contributed by atoms with E-state index in [9.17, 15) is 26.4 Å². The Kier molecular flexibility index (Phi) is 9.42. The van der Waals surface area contributed by atoms with E-state index in [1.165, 1.54) is 34.4 Å². The smallest absolute Gasteiger partial charge is 0.404 e. The van der Waals surface area contributed by atoms with Crippen LogP contribution in [-0.2, 0) is 21.3 Å². The first-order chi connectivity index (χ1) is 17.3. The number of anilines is 1. The summed E-state index contributed by atoms with van der Waals surface area (Å²) in [5, 5.41) is 2.82. The number of nitrogens with zero attached hydrogens (tertiary/aromatic N) is 3. The molecule has 3 rings (SSSR count). The number of hydrogen-bond donors (Lipinski definition) is 1. The van der Waals surface area contributed by atoms with Crippen LogP contribution < -0.4 is 9.46 Å². The average molecular weight is 565 g/mol. The number of benzene rings is 1. The van der Waals surface area contributed by atoms with E-state index in [1.54, 1.807) is 20.4 Å². The van der Waals surface area contributed by atoms with Crippen LogP contribution in [0.4, 0.5) is 18.9 Å². The van der Waals surface area contributed by atoms with Gasteiger partial charge in [-0.25, -0.2) is 13.4 Å². The Morgan fingerprint density at radius 2 is 2.00 bits per heavy atom. The number of fused-ring (bicyclic) bond motifs is 1. The molecule has 1 N–H and O–H groups in total. The molecule has 9 nitrogen and oxygen atoms in total. The standard InChI is InChI=1S/C23H31F3N4O5S2/c1-15-10-30(12-21-27-7-8-36-21)16(2)13-35-19-9-17(28-37(32,33)14-23(24,25)26)5-6-18(19)22(31)29(3)11-20(15)34-4/h5-9,15-16,20,28H,10-14H2,1-4H3/t15-,16-,20+/m1/s1. The summed E-state index contributed by atoms with van der Waals surface area (Å²) >= 11 is 1.53. The van der Waals surface area contributed by atoms with Crippen LogP contribution in [0, 0.1) is 5.92 Å². The van der Waals surface area contributed by atoms with Gasteiger partial charge in [-0.05, 0) is 25.0 Å². The van der Waals surface area contributed by atoms with Crippen molar-refractivity contribution in [3.63, 3.8) is 0 Å². The zero-order valence-electron chi connectivity index (χ0n) is 21.0. The number of hydrogen-bond acceptors (Lipinski definition) is 8. The van der Waals surface area contributed by atoms with E-state index in [1.807, 2.05) is 23.9 Å². The second kappa shape index (κ2) is 12.0. The molecule has 2 aromatic rings. The summed E-state index contributed by atoms with van der Waals surface area (Å²) in [4.78, 5) is 21.3. The maximum Gasteiger partial charge on any atom is 0.404 e. The molecule has 0 bridgehead atoms. The highest BCUT2D eigenvalue weighted by Gasteiger charge is 2.35. The number of methoxy groups -OCH3 is 1. The number of nitrogens with one attached hydrogen (secondary N) is 1. The second-order valence-corrected chi connectivity index (χ2v) is 11.8. The molecule has 37 heavy (non-hydrogen) atoms. The molecule has 206 valence electrons. The van der Waals surface area contributed by atoms with E-state index in [0.717, 1.165) is 5.01 Å². The molecule has 3 atom stereocenters. The normalized spacial score (nSPS) is 22.5. The summed E-state index contributed by atoms with van der Waals surface area (Å²) in [5.74, 6) is -2.29. The Morgan fingerprint density at radius 3 is 2.62 bits per heavy atom. The summed E-state index contributed by atoms with van der Waals surface area (Å²) in [7, 11) is -1.49. The van der Waals surface area contributed by atoms with Gasteiger partial charge in [0.2, 0.25) is 10.0 Å². The summed E-state index contributed by atoms with van der Waals surface area (Å²) in [5.41, 5.74) is 0.0178. The van der Waals surface area contributed by atoms with Crippen molar-refractivity contribution in [1.82, 2.24) is 14.8 Å². The molecule has 0 fully saturated rings. The van der Waals surface area contributed by atoms with Gasteiger partial charge in [0.25, 0.3) is 5.91 Å². The van der Waals surface area contributed by atoms with Crippen LogP contribution in [0.5, 0.6) is 5.75 Å². The lowest BCUT2D eigenvalue weighted by Gasteiger charge is -2.35. The van der Waals surface area contributed by atoms with Gasteiger partial charge in [-0.3, -0.25) is 14.4 Å². The van der Waals surface area contributed by atoms with Crippen LogP contribution in [0.3, 0.4) is 0 Å². The topological polar surface area (TPSA) is 101 Å². The molecule has 0 radical (unpaired) electrons. The zero-order chi connectivity index (χ0) is 27.4. The SMILES string of the molecule is CO[C@H]1CN(C)C(=O)c2ccc(NS(=O)(=O)CC(F)(F)F)cc2OC[C@@H](C)N(Cc2nccs2)C[C@H]1C. The van der Waals surface area contributed by atoms with Crippen LogP contribution in [0.1, 0.15) is 29.2 Å². The van der Waals surface area contributed by atoms with Crippen molar-refractivity contribution in [2.45, 2.75) is 38.7 Å². The van der Waals surface area contributed by atoms with Gasteiger partial charge < -0.3 is 14.4 Å². The minimum absolute atomic E-state index is 0.0620. The van der Waals surface area contributed by atoms with Crippen molar-refractivity contribution in [2.75, 3.05) is 44.3 Å². The first-order valence-electron chi connectivity index (χ1n) is 11.5. The highest BCUT2D eigenvalue weighted by atomic mass is 32.2. The number of carbonyl (C=O) groups excluding carboxylic acids is 1. The first kappa shape index (κ1) is 29.1. The van der Waals surface area contributed by atoms with Crippen molar-refractivity contribution in [2.24, 2.45) is 5.92 Å². The monoisotopic (exact) mass is 564 g/mol. The van der Waals surface area contributed by atoms with Crippen LogP contribution in [-0.4, -0.2) is 87.0 Å². The molecule has 1 aromatic heterocycles. The second-order valence-electron chi connectivity index (χ2n) is 9.14. The molecular weight excluding hydrogens is 533 g/mol. The molecule has 1 aliphatic rings. The van der Waals surface area contributed by atoms with Crippen LogP contribution in [0.2, 0.25) is 0 Å². The van der Waals surface area contributed by atoms with Crippen LogP contribution >= 0.6 is 11.3 Å². The number of ether oxygens (including phenoxy) is 2. The fourth-order valence-electron chi connectivity index (χ4n) is 4.07. The van der Waals surface area contributed by atoms with Crippen molar-refractivity contribution in [1.29, 1.82) is 0 Å².